The van der Waals surface area contributed by atoms with Crippen molar-refractivity contribution in [1.29, 1.82) is 0 Å². The number of aryl methyl sites for hydroxylation is 2. The van der Waals surface area contributed by atoms with Gasteiger partial charge in [0.25, 0.3) is 5.91 Å². The summed E-state index contributed by atoms with van der Waals surface area (Å²) in [5.41, 5.74) is 3.48. The number of carbonyl (C=O) groups excluding carboxylic acids is 2. The molecule has 54 heavy (non-hydrogen) atoms. The maximum atomic E-state index is 13.1. The number of methoxy groups -OCH3 is 2. The van der Waals surface area contributed by atoms with Crippen LogP contribution in [0.3, 0.4) is 0 Å². The molecule has 4 aliphatic rings. The number of nitrogens with zero attached hydrogens (tertiary/aromatic N) is 2. The third-order valence-electron chi connectivity index (χ3n) is 12.2. The van der Waals surface area contributed by atoms with E-state index in [1.54, 1.807) is 28.1 Å². The van der Waals surface area contributed by atoms with Gasteiger partial charge in [-0.25, -0.2) is 0 Å². The van der Waals surface area contributed by atoms with Crippen molar-refractivity contribution in [3.05, 3.63) is 70.3 Å². The monoisotopic (exact) mass is 781 g/mol. The van der Waals surface area contributed by atoms with Gasteiger partial charge < -0.3 is 29.2 Å². The second-order valence-corrected chi connectivity index (χ2v) is 16.9. The summed E-state index contributed by atoms with van der Waals surface area (Å²) < 4.78 is 38.1. The van der Waals surface area contributed by atoms with Crippen molar-refractivity contribution in [2.24, 2.45) is 16.2 Å². The predicted octanol–water partition coefficient (Wildman–Crippen LogP) is 7.14. The number of nitrogens with one attached hydrogen (secondary N) is 1. The number of hydrogen-bond acceptors (Lipinski definition) is 8. The lowest BCUT2D eigenvalue weighted by molar-refractivity contribution is -0.137. The van der Waals surface area contributed by atoms with E-state index in [1.165, 1.54) is 11.1 Å². The zero-order chi connectivity index (χ0) is 38.3. The van der Waals surface area contributed by atoms with Crippen molar-refractivity contribution in [1.82, 2.24) is 5.32 Å². The van der Waals surface area contributed by atoms with Crippen LogP contribution in [-0.4, -0.2) is 80.4 Å². The van der Waals surface area contributed by atoms with Crippen molar-refractivity contribution >= 4 is 40.6 Å². The summed E-state index contributed by atoms with van der Waals surface area (Å²) in [6.45, 7) is 5.69. The van der Waals surface area contributed by atoms with Crippen molar-refractivity contribution in [2.45, 2.75) is 114 Å². The maximum Gasteiger partial charge on any atom is 0.290 e. The van der Waals surface area contributed by atoms with E-state index in [1.807, 2.05) is 18.2 Å². The van der Waals surface area contributed by atoms with Crippen LogP contribution >= 0.6 is 11.6 Å². The van der Waals surface area contributed by atoms with Gasteiger partial charge in [-0.3, -0.25) is 9.59 Å². The van der Waals surface area contributed by atoms with Crippen molar-refractivity contribution in [3.8, 4) is 5.75 Å². The Morgan fingerprint density at radius 3 is 2.67 bits per heavy atom. The first kappa shape index (κ1) is 40.6. The Balaban J connectivity index is 1.18. The summed E-state index contributed by atoms with van der Waals surface area (Å²) in [5.74, 6) is 1.08. The number of halogens is 1. The fourth-order valence-corrected chi connectivity index (χ4v) is 9.38. The summed E-state index contributed by atoms with van der Waals surface area (Å²) >= 11 is 6.39. The third-order valence-corrected chi connectivity index (χ3v) is 12.7. The van der Waals surface area contributed by atoms with Gasteiger partial charge in [-0.1, -0.05) is 35.9 Å². The van der Waals surface area contributed by atoms with Crippen LogP contribution in [0.5, 0.6) is 5.75 Å². The summed E-state index contributed by atoms with van der Waals surface area (Å²) in [5, 5.41) is 4.04. The minimum absolute atomic E-state index is 0.100. The van der Waals surface area contributed by atoms with Crippen LogP contribution in [0.15, 0.2) is 52.9 Å². The zero-order valence-electron chi connectivity index (χ0n) is 32.2. The smallest absolute Gasteiger partial charge is 0.290 e. The number of anilines is 1. The van der Waals surface area contributed by atoms with Crippen LogP contribution < -0.4 is 15.0 Å². The van der Waals surface area contributed by atoms with Gasteiger partial charge in [-0.05, 0) is 131 Å². The Labute approximate surface area is 328 Å². The average Bonchev–Trinajstić information content (AvgIpc) is 3.30. The molecule has 0 saturated heterocycles. The molecule has 3 aliphatic carbocycles. The van der Waals surface area contributed by atoms with Crippen LogP contribution in [0.1, 0.15) is 88.3 Å². The van der Waals surface area contributed by atoms with E-state index >= 15 is 0 Å². The number of amides is 2. The van der Waals surface area contributed by atoms with Crippen LogP contribution in [0.4, 0.5) is 5.69 Å². The summed E-state index contributed by atoms with van der Waals surface area (Å²) in [4.78, 5) is 27.7. The molecule has 0 aromatic heterocycles. The quantitative estimate of drug-likeness (QED) is 0.201. The van der Waals surface area contributed by atoms with E-state index in [9.17, 15) is 13.8 Å². The lowest BCUT2D eigenvalue weighted by Gasteiger charge is -2.46. The van der Waals surface area contributed by atoms with Gasteiger partial charge in [0.1, 0.15) is 11.4 Å². The van der Waals surface area contributed by atoms with Crippen molar-refractivity contribution < 1.29 is 32.7 Å². The second kappa shape index (κ2) is 18.2. The molecule has 1 spiro atoms. The van der Waals surface area contributed by atoms with Gasteiger partial charge in [0.2, 0.25) is 17.4 Å². The summed E-state index contributed by atoms with van der Waals surface area (Å²) in [6.07, 6.45) is 14.4. The Bertz CT molecular complexity index is 1720. The first-order valence-corrected chi connectivity index (χ1v) is 20.6. The van der Waals surface area contributed by atoms with Gasteiger partial charge in [0.15, 0.2) is 0 Å². The fourth-order valence-electron chi connectivity index (χ4n) is 8.90. The van der Waals surface area contributed by atoms with Gasteiger partial charge in [-0.2, -0.15) is 4.21 Å². The second-order valence-electron chi connectivity index (χ2n) is 16.1. The highest BCUT2D eigenvalue weighted by atomic mass is 35.5. The number of benzene rings is 2. The number of hydrogen-bond donors (Lipinski definition) is 1. The molecule has 1 N–H and O–H groups in total. The molecule has 0 bridgehead atoms. The van der Waals surface area contributed by atoms with E-state index in [-0.39, 0.29) is 41.5 Å². The molecule has 1 heterocycles. The minimum atomic E-state index is -1.18. The van der Waals surface area contributed by atoms with Gasteiger partial charge >= 0.3 is 0 Å². The first-order chi connectivity index (χ1) is 26.0. The molecule has 2 aromatic carbocycles. The molecule has 10 nitrogen and oxygen atoms in total. The third kappa shape index (κ3) is 9.64. The highest BCUT2D eigenvalue weighted by molar-refractivity contribution is 7.55. The van der Waals surface area contributed by atoms with Crippen LogP contribution in [0.25, 0.3) is 0 Å². The van der Waals surface area contributed by atoms with Gasteiger partial charge in [0, 0.05) is 50.2 Å². The molecular formula is C42H56ClN3O7S. The Kier molecular flexibility index (Phi) is 13.7. The Hall–Kier alpha value is -3.09. The van der Waals surface area contributed by atoms with E-state index in [2.05, 4.69) is 44.9 Å². The maximum absolute atomic E-state index is 13.1. The molecule has 0 radical (unpaired) electrons. The molecular weight excluding hydrogens is 726 g/mol. The van der Waals surface area contributed by atoms with Crippen LogP contribution in [0, 0.1) is 11.8 Å². The van der Waals surface area contributed by atoms with Crippen molar-refractivity contribution in [2.75, 3.05) is 45.4 Å². The van der Waals surface area contributed by atoms with E-state index in [4.69, 9.17) is 30.5 Å². The molecule has 12 heteroatoms. The first-order valence-electron chi connectivity index (χ1n) is 19.5. The molecule has 2 aromatic rings. The SMILES string of the molecule is COC1CCC(NC(=O)CCc2ccc3c(c2)N(C[C@@H]2CC[C@H]2[C@H](/C=C/COC(C)(C)C(=O)N=S=O)OC)C[C@@]2(CCCc4cc(Cl)ccc42)CO3)CC1. The Morgan fingerprint density at radius 1 is 1.13 bits per heavy atom. The van der Waals surface area contributed by atoms with E-state index in [0.29, 0.717) is 37.4 Å². The largest absolute Gasteiger partial charge is 0.490 e. The number of fused-ring (bicyclic) bond motifs is 3. The van der Waals surface area contributed by atoms with Crippen molar-refractivity contribution in [3.63, 3.8) is 0 Å². The summed E-state index contributed by atoms with van der Waals surface area (Å²) in [6, 6.07) is 13.0. The lowest BCUT2D eigenvalue weighted by Crippen LogP contribution is -2.49. The highest BCUT2D eigenvalue weighted by Crippen LogP contribution is 2.47. The minimum Gasteiger partial charge on any atom is -0.490 e. The van der Waals surface area contributed by atoms with Crippen LogP contribution in [-0.2, 0) is 53.5 Å². The molecule has 2 amide bonds. The molecule has 6 rings (SSSR count). The molecule has 1 aliphatic heterocycles. The van der Waals surface area contributed by atoms with E-state index in [0.717, 1.165) is 92.9 Å². The highest BCUT2D eigenvalue weighted by Gasteiger charge is 2.44. The molecule has 2 fully saturated rings. The molecule has 0 unspecified atom stereocenters. The van der Waals surface area contributed by atoms with Crippen LogP contribution in [0.2, 0.25) is 5.02 Å². The van der Waals surface area contributed by atoms with Gasteiger partial charge in [0.05, 0.1) is 31.1 Å². The number of ether oxygens (including phenoxy) is 4. The fraction of sp³-hybridized carbons (Fsp3) is 0.619. The lowest BCUT2D eigenvalue weighted by atomic mass is 9.68. The molecule has 2 saturated carbocycles. The molecule has 294 valence electrons. The zero-order valence-corrected chi connectivity index (χ0v) is 33.7. The number of rotatable bonds is 14. The Morgan fingerprint density at radius 2 is 1.94 bits per heavy atom. The average molecular weight is 782 g/mol. The van der Waals surface area contributed by atoms with Gasteiger partial charge in [-0.15, -0.1) is 4.36 Å². The topological polar surface area (TPSA) is 116 Å². The number of carbonyl (C=O) groups is 2. The van der Waals surface area contributed by atoms with E-state index < -0.39 is 11.5 Å². The predicted molar refractivity (Wildman–Crippen MR) is 211 cm³/mol. The standard InChI is InChI=1S/C42H56ClN3O7S/c1-41(2,40(48)45-54-49)53-22-6-8-37(51-4)34-17-11-30(34)25-46-26-42(21-5-7-29-24-31(43)12-18-35(29)42)27-52-38-19-9-28(23-36(38)46)10-20-39(47)44-32-13-15-33(50-3)16-14-32/h6,8-9,12,18-19,23-24,30,32-34,37H,5,7,10-11,13-17,20-22,25-27H2,1-4H3,(H,44,47)/b8-6+/t30-,32?,33?,34+,37-,42-/m0/s1. The molecule has 4 atom stereocenters. The normalized spacial score (nSPS) is 25.8. The summed E-state index contributed by atoms with van der Waals surface area (Å²) in [7, 11) is 3.51.